The second-order valence-electron chi connectivity index (χ2n) is 4.82. The van der Waals surface area contributed by atoms with E-state index in [0.29, 0.717) is 5.56 Å². The van der Waals surface area contributed by atoms with Gasteiger partial charge in [-0.05, 0) is 12.5 Å². The number of carbonyl (C=O) groups is 2. The van der Waals surface area contributed by atoms with Crippen LogP contribution in [0.1, 0.15) is 25.5 Å². The molecule has 1 aromatic carbocycles. The fourth-order valence-corrected chi connectivity index (χ4v) is 2.15. The van der Waals surface area contributed by atoms with Gasteiger partial charge in [0, 0.05) is 19.1 Å². The maximum Gasteiger partial charge on any atom is 0.313 e. The molecule has 0 saturated carbocycles. The molecule has 1 rings (SSSR count). The molecule has 0 aliphatic carbocycles. The number of hydrogen-bond acceptors (Lipinski definition) is 6. The van der Waals surface area contributed by atoms with Gasteiger partial charge in [-0.1, -0.05) is 12.1 Å². The van der Waals surface area contributed by atoms with Crippen LogP contribution in [0.2, 0.25) is 0 Å². The second kappa shape index (κ2) is 7.51. The van der Waals surface area contributed by atoms with Crippen LogP contribution >= 0.6 is 0 Å². The minimum atomic E-state index is -1.08. The van der Waals surface area contributed by atoms with Crippen molar-refractivity contribution in [2.45, 2.75) is 26.0 Å². The first-order valence-electron chi connectivity index (χ1n) is 6.55. The van der Waals surface area contributed by atoms with E-state index in [4.69, 9.17) is 0 Å². The molecule has 8 heteroatoms. The molecule has 0 saturated heterocycles. The molecule has 0 heterocycles. The van der Waals surface area contributed by atoms with E-state index in [9.17, 15) is 24.8 Å². The molecule has 1 aromatic rings. The minimum absolute atomic E-state index is 0.114. The van der Waals surface area contributed by atoms with Crippen molar-refractivity contribution in [1.82, 2.24) is 5.32 Å². The number of rotatable bonds is 6. The summed E-state index contributed by atoms with van der Waals surface area (Å²) in [5.41, 5.74) is 0.342. The van der Waals surface area contributed by atoms with Crippen molar-refractivity contribution in [3.8, 4) is 0 Å². The average Bonchev–Trinajstić information content (AvgIpc) is 2.45. The monoisotopic (exact) mass is 310 g/mol. The van der Waals surface area contributed by atoms with E-state index in [2.05, 4.69) is 10.1 Å². The second-order valence-corrected chi connectivity index (χ2v) is 4.82. The molecule has 0 radical (unpaired) electrons. The molecule has 0 fully saturated rings. The van der Waals surface area contributed by atoms with Crippen LogP contribution in [0.4, 0.5) is 5.69 Å². The number of nitrogens with one attached hydrogen (secondary N) is 1. The lowest BCUT2D eigenvalue weighted by Gasteiger charge is -2.28. The summed E-state index contributed by atoms with van der Waals surface area (Å²) < 4.78 is 4.66. The number of aliphatic hydroxyl groups is 1. The van der Waals surface area contributed by atoms with Gasteiger partial charge in [-0.25, -0.2) is 0 Å². The van der Waals surface area contributed by atoms with Gasteiger partial charge in [0.2, 0.25) is 5.91 Å². The summed E-state index contributed by atoms with van der Waals surface area (Å²) in [7, 11) is 1.18. The fourth-order valence-electron chi connectivity index (χ4n) is 2.15. The zero-order valence-electron chi connectivity index (χ0n) is 12.5. The minimum Gasteiger partial charge on any atom is -0.469 e. The Bertz CT molecular complexity index is 555. The van der Waals surface area contributed by atoms with Gasteiger partial charge in [0.15, 0.2) is 0 Å². The Hall–Kier alpha value is -2.48. The number of nitrogens with zero attached hydrogens (tertiary/aromatic N) is 1. The Balaban J connectivity index is 3.23. The summed E-state index contributed by atoms with van der Waals surface area (Å²) in [6.45, 7) is 2.68. The lowest BCUT2D eigenvalue weighted by molar-refractivity contribution is -0.384. The molecular formula is C14H18N2O6. The molecule has 0 unspecified atom stereocenters. The van der Waals surface area contributed by atoms with Gasteiger partial charge >= 0.3 is 5.97 Å². The largest absolute Gasteiger partial charge is 0.469 e. The highest BCUT2D eigenvalue weighted by molar-refractivity contribution is 5.78. The zero-order chi connectivity index (χ0) is 16.9. The van der Waals surface area contributed by atoms with E-state index in [0.717, 1.165) is 0 Å². The van der Waals surface area contributed by atoms with Crippen LogP contribution in [0.25, 0.3) is 0 Å². The predicted octanol–water partition coefficient (Wildman–Crippen LogP) is 0.942. The van der Waals surface area contributed by atoms with Gasteiger partial charge < -0.3 is 15.2 Å². The number of nitro groups is 1. The molecule has 0 aliphatic heterocycles. The summed E-state index contributed by atoms with van der Waals surface area (Å²) in [6, 6.07) is 4.53. The van der Waals surface area contributed by atoms with E-state index in [-0.39, 0.29) is 5.69 Å². The van der Waals surface area contributed by atoms with Gasteiger partial charge in [-0.15, -0.1) is 0 Å². The first-order chi connectivity index (χ1) is 10.3. The van der Waals surface area contributed by atoms with Crippen LogP contribution in [0, 0.1) is 16.0 Å². The van der Waals surface area contributed by atoms with Crippen LogP contribution in [0.3, 0.4) is 0 Å². The lowest BCUT2D eigenvalue weighted by atomic mass is 9.89. The molecule has 0 aliphatic rings. The first kappa shape index (κ1) is 17.6. The molecular weight excluding hydrogens is 292 g/mol. The molecule has 0 spiro atoms. The number of hydrogen-bond donors (Lipinski definition) is 2. The first-order valence-corrected chi connectivity index (χ1v) is 6.55. The number of non-ortho nitro benzene ring substituents is 1. The number of methoxy groups -OCH3 is 1. The molecule has 3 atom stereocenters. The Kier molecular flexibility index (Phi) is 6.00. The fraction of sp³-hybridized carbons (Fsp3) is 0.429. The van der Waals surface area contributed by atoms with Crippen molar-refractivity contribution < 1.29 is 24.4 Å². The molecule has 120 valence electrons. The highest BCUT2D eigenvalue weighted by atomic mass is 16.6. The highest BCUT2D eigenvalue weighted by Gasteiger charge is 2.35. The van der Waals surface area contributed by atoms with Crippen molar-refractivity contribution in [1.29, 1.82) is 0 Å². The summed E-state index contributed by atoms with van der Waals surface area (Å²) in [5, 5.41) is 23.1. The van der Waals surface area contributed by atoms with Crippen molar-refractivity contribution in [3.05, 3.63) is 39.9 Å². The van der Waals surface area contributed by atoms with Crippen LogP contribution in [0.15, 0.2) is 24.3 Å². The van der Waals surface area contributed by atoms with Gasteiger partial charge in [0.05, 0.1) is 24.2 Å². The topological polar surface area (TPSA) is 119 Å². The average molecular weight is 310 g/mol. The van der Waals surface area contributed by atoms with Crippen molar-refractivity contribution in [2.24, 2.45) is 5.92 Å². The number of nitro benzene ring substituents is 1. The SMILES string of the molecule is COC(=O)[C@H]([C@H](C)O)[C@@H](NC(C)=O)c1ccc([N+](=O)[O-])cc1. The number of benzene rings is 1. The summed E-state index contributed by atoms with van der Waals surface area (Å²) in [6.07, 6.45) is -1.08. The molecule has 2 N–H and O–H groups in total. The molecule has 8 nitrogen and oxygen atoms in total. The third-order valence-corrected chi connectivity index (χ3v) is 3.17. The number of amides is 1. The third kappa shape index (κ3) is 4.26. The Morgan fingerprint density at radius 3 is 2.23 bits per heavy atom. The third-order valence-electron chi connectivity index (χ3n) is 3.17. The zero-order valence-corrected chi connectivity index (χ0v) is 12.5. The van der Waals surface area contributed by atoms with Gasteiger partial charge in [-0.3, -0.25) is 19.7 Å². The van der Waals surface area contributed by atoms with Crippen LogP contribution in [-0.4, -0.2) is 35.1 Å². The normalized spacial score (nSPS) is 14.5. The smallest absolute Gasteiger partial charge is 0.313 e. The van der Waals surface area contributed by atoms with Gasteiger partial charge in [-0.2, -0.15) is 0 Å². The van der Waals surface area contributed by atoms with Crippen LogP contribution < -0.4 is 5.32 Å². The number of carbonyl (C=O) groups excluding carboxylic acids is 2. The quantitative estimate of drug-likeness (QED) is 0.458. The molecule has 0 bridgehead atoms. The standard InChI is InChI=1S/C14H18N2O6/c1-8(17)12(14(19)22-3)13(15-9(2)18)10-4-6-11(7-5-10)16(20)21/h4-8,12-13,17H,1-3H3,(H,15,18)/t8-,12+,13-/m0/s1. The van der Waals surface area contributed by atoms with Crippen LogP contribution in [0.5, 0.6) is 0 Å². The van der Waals surface area contributed by atoms with Crippen molar-refractivity contribution in [2.75, 3.05) is 7.11 Å². The molecule has 1 amide bonds. The highest BCUT2D eigenvalue weighted by Crippen LogP contribution is 2.27. The van der Waals surface area contributed by atoms with E-state index >= 15 is 0 Å². The summed E-state index contributed by atoms with van der Waals surface area (Å²) >= 11 is 0. The number of aliphatic hydroxyl groups excluding tert-OH is 1. The summed E-state index contributed by atoms with van der Waals surface area (Å²) in [4.78, 5) is 33.4. The number of ether oxygens (including phenoxy) is 1. The van der Waals surface area contributed by atoms with Crippen LogP contribution in [-0.2, 0) is 14.3 Å². The van der Waals surface area contributed by atoms with Gasteiger partial charge in [0.25, 0.3) is 5.69 Å². The Labute approximate surface area is 127 Å². The Morgan fingerprint density at radius 2 is 1.86 bits per heavy atom. The predicted molar refractivity (Wildman–Crippen MR) is 76.8 cm³/mol. The van der Waals surface area contributed by atoms with E-state index in [1.807, 2.05) is 0 Å². The van der Waals surface area contributed by atoms with Crippen molar-refractivity contribution >= 4 is 17.6 Å². The van der Waals surface area contributed by atoms with E-state index in [1.165, 1.54) is 45.2 Å². The van der Waals surface area contributed by atoms with Gasteiger partial charge in [0.1, 0.15) is 5.92 Å². The summed E-state index contributed by atoms with van der Waals surface area (Å²) in [5.74, 6) is -2.12. The molecule has 22 heavy (non-hydrogen) atoms. The Morgan fingerprint density at radius 1 is 1.32 bits per heavy atom. The maximum atomic E-state index is 11.9. The van der Waals surface area contributed by atoms with Crippen molar-refractivity contribution in [3.63, 3.8) is 0 Å². The van der Waals surface area contributed by atoms with E-state index < -0.39 is 34.9 Å². The lowest BCUT2D eigenvalue weighted by Crippen LogP contribution is -2.41. The number of esters is 1. The molecule has 0 aromatic heterocycles. The van der Waals surface area contributed by atoms with E-state index in [1.54, 1.807) is 0 Å². The maximum absolute atomic E-state index is 11.9.